The van der Waals surface area contributed by atoms with Gasteiger partial charge in [0.1, 0.15) is 0 Å². The topological polar surface area (TPSA) is 37.3 Å². The van der Waals surface area contributed by atoms with Gasteiger partial charge in [0.2, 0.25) is 0 Å². The molecule has 0 saturated heterocycles. The average Bonchev–Trinajstić information content (AvgIpc) is 2.47. The SMILES string of the molecule is O=C(O)c1ccccc1Cc1ccc2c(c1)CCCC2. The molecule has 0 amide bonds. The van der Waals surface area contributed by atoms with Crippen LogP contribution in [0.25, 0.3) is 0 Å². The third-order valence-corrected chi connectivity index (χ3v) is 4.06. The third-order valence-electron chi connectivity index (χ3n) is 4.06. The lowest BCUT2D eigenvalue weighted by atomic mass is 9.89. The van der Waals surface area contributed by atoms with Crippen LogP contribution in [0, 0.1) is 0 Å². The molecule has 0 fully saturated rings. The average molecular weight is 266 g/mol. The number of rotatable bonds is 3. The van der Waals surface area contributed by atoms with Crippen molar-refractivity contribution in [2.24, 2.45) is 0 Å². The summed E-state index contributed by atoms with van der Waals surface area (Å²) in [7, 11) is 0. The standard InChI is InChI=1S/C18H18O2/c19-18(20)17-8-4-3-7-16(17)12-13-9-10-14-5-1-2-6-15(14)11-13/h3-4,7-11H,1-2,5-6,12H2,(H,19,20). The number of aromatic carboxylic acids is 1. The summed E-state index contributed by atoms with van der Waals surface area (Å²) in [5.74, 6) is -0.849. The summed E-state index contributed by atoms with van der Waals surface area (Å²) in [6.45, 7) is 0. The molecule has 0 spiro atoms. The zero-order valence-electron chi connectivity index (χ0n) is 11.4. The molecule has 0 aliphatic heterocycles. The van der Waals surface area contributed by atoms with E-state index in [-0.39, 0.29) is 0 Å². The van der Waals surface area contributed by atoms with Crippen molar-refractivity contribution in [3.63, 3.8) is 0 Å². The minimum absolute atomic E-state index is 0.408. The van der Waals surface area contributed by atoms with Crippen LogP contribution in [0.1, 0.15) is 45.5 Å². The Hall–Kier alpha value is -2.09. The lowest BCUT2D eigenvalue weighted by molar-refractivity contribution is 0.0696. The van der Waals surface area contributed by atoms with Gasteiger partial charge in [-0.1, -0.05) is 36.4 Å². The Morgan fingerprint density at radius 1 is 1.00 bits per heavy atom. The Kier molecular flexibility index (Phi) is 3.55. The lowest BCUT2D eigenvalue weighted by Crippen LogP contribution is -2.05. The predicted molar refractivity (Wildman–Crippen MR) is 79.3 cm³/mol. The quantitative estimate of drug-likeness (QED) is 0.916. The molecule has 0 radical (unpaired) electrons. The highest BCUT2D eigenvalue weighted by Crippen LogP contribution is 2.24. The van der Waals surface area contributed by atoms with E-state index in [9.17, 15) is 9.90 Å². The third kappa shape index (κ3) is 2.60. The van der Waals surface area contributed by atoms with Crippen molar-refractivity contribution in [2.75, 3.05) is 0 Å². The van der Waals surface area contributed by atoms with Gasteiger partial charge in [0.05, 0.1) is 5.56 Å². The predicted octanol–water partition coefficient (Wildman–Crippen LogP) is 3.85. The van der Waals surface area contributed by atoms with Crippen LogP contribution in [-0.4, -0.2) is 11.1 Å². The first-order valence-corrected chi connectivity index (χ1v) is 7.16. The van der Waals surface area contributed by atoms with Gasteiger partial charge in [0.25, 0.3) is 0 Å². The van der Waals surface area contributed by atoms with Crippen molar-refractivity contribution in [3.8, 4) is 0 Å². The summed E-state index contributed by atoms with van der Waals surface area (Å²) in [6.07, 6.45) is 5.58. The van der Waals surface area contributed by atoms with Gasteiger partial charge in [-0.25, -0.2) is 4.79 Å². The summed E-state index contributed by atoms with van der Waals surface area (Å²) in [5, 5.41) is 9.24. The van der Waals surface area contributed by atoms with Crippen LogP contribution in [-0.2, 0) is 19.3 Å². The summed E-state index contributed by atoms with van der Waals surface area (Å²) >= 11 is 0. The van der Waals surface area contributed by atoms with Crippen LogP contribution < -0.4 is 0 Å². The first-order chi connectivity index (χ1) is 9.74. The molecular formula is C18H18O2. The first-order valence-electron chi connectivity index (χ1n) is 7.16. The summed E-state index contributed by atoms with van der Waals surface area (Å²) in [6, 6.07) is 13.9. The van der Waals surface area contributed by atoms with E-state index in [2.05, 4.69) is 18.2 Å². The van der Waals surface area contributed by atoms with Crippen molar-refractivity contribution in [1.82, 2.24) is 0 Å². The Bertz CT molecular complexity index is 644. The van der Waals surface area contributed by atoms with Crippen molar-refractivity contribution >= 4 is 5.97 Å². The first kappa shape index (κ1) is 12.9. The Morgan fingerprint density at radius 2 is 1.75 bits per heavy atom. The zero-order valence-corrected chi connectivity index (χ0v) is 11.4. The monoisotopic (exact) mass is 266 g/mol. The van der Waals surface area contributed by atoms with E-state index < -0.39 is 5.97 Å². The van der Waals surface area contributed by atoms with E-state index in [0.717, 1.165) is 12.0 Å². The molecule has 2 aromatic carbocycles. The molecule has 2 nitrogen and oxygen atoms in total. The van der Waals surface area contributed by atoms with Gasteiger partial charge >= 0.3 is 5.97 Å². The molecule has 0 atom stereocenters. The second kappa shape index (κ2) is 5.49. The number of carboxylic acids is 1. The minimum Gasteiger partial charge on any atom is -0.478 e. The highest BCUT2D eigenvalue weighted by molar-refractivity contribution is 5.89. The van der Waals surface area contributed by atoms with Crippen LogP contribution in [0.15, 0.2) is 42.5 Å². The fraction of sp³-hybridized carbons (Fsp3) is 0.278. The highest BCUT2D eigenvalue weighted by Gasteiger charge is 2.12. The Balaban J connectivity index is 1.90. The van der Waals surface area contributed by atoms with Crippen molar-refractivity contribution < 1.29 is 9.90 Å². The highest BCUT2D eigenvalue weighted by atomic mass is 16.4. The zero-order chi connectivity index (χ0) is 13.9. The number of fused-ring (bicyclic) bond motifs is 1. The molecule has 0 bridgehead atoms. The molecular weight excluding hydrogens is 248 g/mol. The maximum atomic E-state index is 11.2. The molecule has 3 rings (SSSR count). The number of hydrogen-bond acceptors (Lipinski definition) is 1. The molecule has 20 heavy (non-hydrogen) atoms. The van der Waals surface area contributed by atoms with Crippen molar-refractivity contribution in [1.29, 1.82) is 0 Å². The molecule has 0 heterocycles. The van der Waals surface area contributed by atoms with Gasteiger partial charge in [-0.15, -0.1) is 0 Å². The van der Waals surface area contributed by atoms with E-state index in [1.165, 1.54) is 36.0 Å². The lowest BCUT2D eigenvalue weighted by Gasteiger charge is -2.17. The van der Waals surface area contributed by atoms with Crippen LogP contribution in [0.3, 0.4) is 0 Å². The van der Waals surface area contributed by atoms with Gasteiger partial charge in [0, 0.05) is 0 Å². The van der Waals surface area contributed by atoms with E-state index >= 15 is 0 Å². The molecule has 1 aliphatic rings. The molecule has 2 heteroatoms. The normalized spacial score (nSPS) is 13.8. The van der Waals surface area contributed by atoms with Crippen LogP contribution in [0.2, 0.25) is 0 Å². The van der Waals surface area contributed by atoms with Gasteiger partial charge < -0.3 is 5.11 Å². The molecule has 1 aliphatic carbocycles. The van der Waals surface area contributed by atoms with E-state index in [4.69, 9.17) is 0 Å². The molecule has 0 saturated carbocycles. The maximum absolute atomic E-state index is 11.2. The largest absolute Gasteiger partial charge is 0.478 e. The number of carbonyl (C=O) groups is 1. The van der Waals surface area contributed by atoms with Gasteiger partial charge in [-0.05, 0) is 60.4 Å². The number of benzene rings is 2. The van der Waals surface area contributed by atoms with Crippen LogP contribution in [0.5, 0.6) is 0 Å². The van der Waals surface area contributed by atoms with Crippen molar-refractivity contribution in [2.45, 2.75) is 32.1 Å². The smallest absolute Gasteiger partial charge is 0.335 e. The molecule has 0 unspecified atom stereocenters. The van der Waals surface area contributed by atoms with Crippen molar-refractivity contribution in [3.05, 3.63) is 70.3 Å². The van der Waals surface area contributed by atoms with E-state index in [0.29, 0.717) is 12.0 Å². The number of hydrogen-bond donors (Lipinski definition) is 1. The van der Waals surface area contributed by atoms with Gasteiger partial charge in [-0.2, -0.15) is 0 Å². The van der Waals surface area contributed by atoms with Gasteiger partial charge in [0.15, 0.2) is 0 Å². The van der Waals surface area contributed by atoms with Gasteiger partial charge in [-0.3, -0.25) is 0 Å². The second-order valence-corrected chi connectivity index (χ2v) is 5.45. The summed E-state index contributed by atoms with van der Waals surface area (Å²) < 4.78 is 0. The number of carboxylic acid groups (broad SMARTS) is 1. The molecule has 102 valence electrons. The van der Waals surface area contributed by atoms with E-state index in [1.54, 1.807) is 12.1 Å². The Morgan fingerprint density at radius 3 is 2.55 bits per heavy atom. The minimum atomic E-state index is -0.849. The fourth-order valence-corrected chi connectivity index (χ4v) is 3.00. The van der Waals surface area contributed by atoms with Crippen LogP contribution in [0.4, 0.5) is 0 Å². The molecule has 0 aromatic heterocycles. The van der Waals surface area contributed by atoms with Crippen LogP contribution >= 0.6 is 0 Å². The fourth-order valence-electron chi connectivity index (χ4n) is 3.00. The Labute approximate surface area is 119 Å². The molecule has 1 N–H and O–H groups in total. The second-order valence-electron chi connectivity index (χ2n) is 5.45. The molecule has 2 aromatic rings. The van der Waals surface area contributed by atoms with E-state index in [1.807, 2.05) is 12.1 Å². The summed E-state index contributed by atoms with van der Waals surface area (Å²) in [5.41, 5.74) is 5.41. The maximum Gasteiger partial charge on any atom is 0.335 e. The number of aryl methyl sites for hydroxylation is 2. The summed E-state index contributed by atoms with van der Waals surface area (Å²) in [4.78, 5) is 11.2.